The van der Waals surface area contributed by atoms with Gasteiger partial charge in [-0.2, -0.15) is 0 Å². The molecule has 3 heterocycles. The van der Waals surface area contributed by atoms with Crippen LogP contribution in [0.15, 0.2) is 24.3 Å². The molecule has 2 fully saturated rings. The van der Waals surface area contributed by atoms with Gasteiger partial charge in [-0.05, 0) is 52.5 Å². The number of rotatable bonds is 15. The van der Waals surface area contributed by atoms with Crippen LogP contribution in [-0.2, 0) is 61.8 Å². The molecule has 0 aromatic heterocycles. The molecule has 0 bridgehead atoms. The minimum absolute atomic E-state index is 0.0224. The molecule has 0 amide bonds. The van der Waals surface area contributed by atoms with E-state index in [1.165, 1.54) is 27.3 Å². The Hall–Kier alpha value is -2.64. The Balaban J connectivity index is 2.05. The maximum atomic E-state index is 14.0. The number of aliphatic hydroxyl groups excluding tert-OH is 1. The summed E-state index contributed by atoms with van der Waals surface area (Å²) in [6, 6.07) is -1.20. The van der Waals surface area contributed by atoms with E-state index in [9.17, 15) is 29.5 Å². The number of ether oxygens (including phenoxy) is 9. The molecule has 59 heavy (non-hydrogen) atoms. The van der Waals surface area contributed by atoms with Gasteiger partial charge in [-0.15, -0.1) is 0 Å². The molecule has 3 rings (SSSR count). The standard InChI is InChI=1S/C43H71NO15/c1-12-14-22-53-41-29(6)55-35(25-43(41,7)52-11)58-38-28(5)56-42(37(49)36(38)44(8,9)50)59-39-30(20-21-45)23-26(3)31(46)19-17-15-16-18-27(4)54-34(48)24-32(40(39)51-10)57-33(47)13-2/h15-17,19,21,26-30,32,35-42,49H,12-14,18,20,22-25H2,1-11H3/b16-15+,19-17+/t26-,27-,28-,29+,30+,32-,35+,36-,37-,38-,39+,40+,41+,42+,43-/m1/s1. The number of methoxy groups -OCH3 is 2. The number of ketones is 1. The van der Waals surface area contributed by atoms with Gasteiger partial charge in [0.15, 0.2) is 24.5 Å². The summed E-state index contributed by atoms with van der Waals surface area (Å²) in [4.78, 5) is 51.8. The highest BCUT2D eigenvalue weighted by atomic mass is 16.7. The lowest BCUT2D eigenvalue weighted by Gasteiger charge is -2.54. The quantitative estimate of drug-likeness (QED) is 0.0795. The van der Waals surface area contributed by atoms with Gasteiger partial charge in [0.2, 0.25) is 0 Å². The number of likely N-dealkylation sites (N-methyl/N-ethyl adjacent to an activating group) is 1. The predicted molar refractivity (Wildman–Crippen MR) is 215 cm³/mol. The van der Waals surface area contributed by atoms with Crippen LogP contribution >= 0.6 is 0 Å². The fraction of sp³-hybridized carbons (Fsp3) is 0.814. The van der Waals surface area contributed by atoms with Gasteiger partial charge in [-0.1, -0.05) is 45.4 Å². The number of carbonyl (C=O) groups excluding carboxylic acids is 4. The number of unbranched alkanes of at least 4 members (excludes halogenated alkanes) is 1. The Morgan fingerprint density at radius 3 is 2.36 bits per heavy atom. The van der Waals surface area contributed by atoms with Crippen molar-refractivity contribution in [2.45, 2.75) is 179 Å². The molecule has 3 aliphatic rings. The lowest BCUT2D eigenvalue weighted by Crippen LogP contribution is -2.69. The molecule has 3 aliphatic heterocycles. The largest absolute Gasteiger partial charge is 0.633 e. The van der Waals surface area contributed by atoms with Crippen molar-refractivity contribution in [2.75, 3.05) is 34.9 Å². The number of aliphatic hydroxyl groups is 1. The van der Waals surface area contributed by atoms with Gasteiger partial charge < -0.3 is 62.4 Å². The number of carbonyl (C=O) groups is 4. The van der Waals surface area contributed by atoms with Crippen molar-refractivity contribution < 1.29 is 71.6 Å². The summed E-state index contributed by atoms with van der Waals surface area (Å²) in [7, 11) is 5.69. The highest BCUT2D eigenvalue weighted by Gasteiger charge is 2.55. The molecular weight excluding hydrogens is 770 g/mol. The highest BCUT2D eigenvalue weighted by Crippen LogP contribution is 2.39. The zero-order valence-corrected chi connectivity index (χ0v) is 36.9. The van der Waals surface area contributed by atoms with E-state index in [-0.39, 0.29) is 37.6 Å². The highest BCUT2D eigenvalue weighted by molar-refractivity contribution is 5.91. The fourth-order valence-corrected chi connectivity index (χ4v) is 8.24. The Bertz CT molecular complexity index is 1400. The minimum atomic E-state index is -1.63. The van der Waals surface area contributed by atoms with E-state index < -0.39 is 108 Å². The molecule has 338 valence electrons. The average Bonchev–Trinajstić information content (AvgIpc) is 3.16. The molecule has 16 nitrogen and oxygen atoms in total. The molecule has 2 saturated heterocycles. The molecule has 0 aromatic carbocycles. The van der Waals surface area contributed by atoms with Crippen LogP contribution in [0, 0.1) is 17.0 Å². The Morgan fingerprint density at radius 2 is 1.75 bits per heavy atom. The van der Waals surface area contributed by atoms with Crippen LogP contribution in [0.1, 0.15) is 99.8 Å². The summed E-state index contributed by atoms with van der Waals surface area (Å²) < 4.78 is 54.4. The van der Waals surface area contributed by atoms with Crippen molar-refractivity contribution in [3.05, 3.63) is 29.5 Å². The first-order chi connectivity index (χ1) is 27.8. The number of esters is 2. The van der Waals surface area contributed by atoms with Crippen molar-refractivity contribution in [2.24, 2.45) is 11.8 Å². The number of aldehydes is 1. The van der Waals surface area contributed by atoms with Gasteiger partial charge in [-0.3, -0.25) is 14.4 Å². The van der Waals surface area contributed by atoms with Crippen molar-refractivity contribution in [3.63, 3.8) is 0 Å². The van der Waals surface area contributed by atoms with Gasteiger partial charge in [0.05, 0.1) is 44.4 Å². The van der Waals surface area contributed by atoms with Crippen LogP contribution in [0.3, 0.4) is 0 Å². The molecule has 0 saturated carbocycles. The van der Waals surface area contributed by atoms with E-state index in [2.05, 4.69) is 6.92 Å². The van der Waals surface area contributed by atoms with Crippen LogP contribution in [-0.4, -0.2) is 148 Å². The number of quaternary nitrogens is 1. The van der Waals surface area contributed by atoms with E-state index in [1.807, 2.05) is 13.8 Å². The molecule has 0 aromatic rings. The number of nitrogens with zero attached hydrogens (tertiary/aromatic N) is 1. The molecule has 15 atom stereocenters. The molecule has 1 N–H and O–H groups in total. The fourth-order valence-electron chi connectivity index (χ4n) is 8.24. The first kappa shape index (κ1) is 50.7. The van der Waals surface area contributed by atoms with Gasteiger partial charge in [-0.25, -0.2) is 0 Å². The van der Waals surface area contributed by atoms with Crippen LogP contribution in [0.25, 0.3) is 0 Å². The molecule has 0 unspecified atom stereocenters. The third-order valence-electron chi connectivity index (χ3n) is 11.5. The van der Waals surface area contributed by atoms with Gasteiger partial charge in [0.1, 0.15) is 42.8 Å². The predicted octanol–water partition coefficient (Wildman–Crippen LogP) is 4.51. The number of cyclic esters (lactones) is 1. The van der Waals surface area contributed by atoms with E-state index in [4.69, 9.17) is 42.6 Å². The van der Waals surface area contributed by atoms with Crippen LogP contribution in [0.4, 0.5) is 0 Å². The summed E-state index contributed by atoms with van der Waals surface area (Å²) in [5.74, 6) is -2.93. The third-order valence-corrected chi connectivity index (χ3v) is 11.5. The van der Waals surface area contributed by atoms with E-state index in [0.29, 0.717) is 19.3 Å². The second-order valence-electron chi connectivity index (χ2n) is 16.8. The number of allylic oxidation sites excluding steroid dienone is 3. The summed E-state index contributed by atoms with van der Waals surface area (Å²) in [6.07, 6.45) is -1.90. The molecule has 0 radical (unpaired) electrons. The van der Waals surface area contributed by atoms with E-state index in [0.717, 1.165) is 12.8 Å². The zero-order valence-electron chi connectivity index (χ0n) is 36.9. The summed E-state index contributed by atoms with van der Waals surface area (Å²) >= 11 is 0. The SMILES string of the molecule is CCCCO[C@H]1[C@H](C)O[C@@H](O[C@H]2[C@H]([N+](C)(C)[O-])[C@@H](O)[C@H](O[C@H]3[C@@H](CC=O)C[C@@H](C)C(=O)/C=C/C=C/C[C@@H](C)OC(=O)C[C@@H](OC(=O)CC)[C@@H]3OC)O[C@@H]2C)C[C@@]1(C)OC. The molecule has 0 spiro atoms. The van der Waals surface area contributed by atoms with Gasteiger partial charge in [0, 0.05) is 52.4 Å². The lowest BCUT2D eigenvalue weighted by atomic mass is 9.83. The van der Waals surface area contributed by atoms with E-state index in [1.54, 1.807) is 53.0 Å². The smallest absolute Gasteiger partial charge is 0.309 e. The molecule has 16 heteroatoms. The Labute approximate surface area is 350 Å². The summed E-state index contributed by atoms with van der Waals surface area (Å²) in [6.45, 7) is 13.1. The first-order valence-corrected chi connectivity index (χ1v) is 21.1. The summed E-state index contributed by atoms with van der Waals surface area (Å²) in [5.41, 5.74) is -0.795. The Kier molecular flexibility index (Phi) is 20.2. The zero-order chi connectivity index (χ0) is 44.1. The average molecular weight is 842 g/mol. The monoisotopic (exact) mass is 841 g/mol. The normalized spacial score (nSPS) is 39.2. The first-order valence-electron chi connectivity index (χ1n) is 21.1. The lowest BCUT2D eigenvalue weighted by molar-refractivity contribution is -0.879. The number of hydrogen-bond acceptors (Lipinski definition) is 15. The topological polar surface area (TPSA) is 195 Å². The number of hydrogen-bond donors (Lipinski definition) is 1. The minimum Gasteiger partial charge on any atom is -0.633 e. The molecular formula is C43H71NO15. The summed E-state index contributed by atoms with van der Waals surface area (Å²) in [5, 5.41) is 26.2. The number of hydroxylamine groups is 3. The van der Waals surface area contributed by atoms with Crippen molar-refractivity contribution >= 4 is 24.0 Å². The van der Waals surface area contributed by atoms with Crippen LogP contribution in [0.5, 0.6) is 0 Å². The van der Waals surface area contributed by atoms with Crippen molar-refractivity contribution in [1.29, 1.82) is 0 Å². The third kappa shape index (κ3) is 14.2. The van der Waals surface area contributed by atoms with Crippen molar-refractivity contribution in [1.82, 2.24) is 0 Å². The van der Waals surface area contributed by atoms with Gasteiger partial charge in [0.25, 0.3) is 0 Å². The van der Waals surface area contributed by atoms with Crippen LogP contribution < -0.4 is 0 Å². The maximum absolute atomic E-state index is 14.0. The maximum Gasteiger partial charge on any atom is 0.309 e. The van der Waals surface area contributed by atoms with Crippen molar-refractivity contribution in [3.8, 4) is 0 Å². The van der Waals surface area contributed by atoms with Crippen LogP contribution in [0.2, 0.25) is 0 Å². The Morgan fingerprint density at radius 1 is 1.03 bits per heavy atom. The van der Waals surface area contributed by atoms with E-state index >= 15 is 0 Å². The molecule has 0 aliphatic carbocycles. The van der Waals surface area contributed by atoms with Gasteiger partial charge >= 0.3 is 11.9 Å². The second-order valence-corrected chi connectivity index (χ2v) is 16.8. The second kappa shape index (κ2) is 23.5.